The summed E-state index contributed by atoms with van der Waals surface area (Å²) in [6.07, 6.45) is 1.14. The van der Waals surface area contributed by atoms with E-state index in [0.29, 0.717) is 0 Å². The molecule has 0 saturated carbocycles. The Balaban J connectivity index is 3.69. The van der Waals surface area contributed by atoms with Gasteiger partial charge in [0, 0.05) is 17.4 Å². The smallest absolute Gasteiger partial charge is 0.223 e. The first kappa shape index (κ1) is 15.1. The van der Waals surface area contributed by atoms with Gasteiger partial charge in [0.05, 0.1) is 5.69 Å². The molecular weight excluding hydrogens is 248 g/mol. The van der Waals surface area contributed by atoms with Crippen LogP contribution in [0.2, 0.25) is 0 Å². The molecule has 0 fully saturated rings. The zero-order valence-corrected chi connectivity index (χ0v) is 13.0. The maximum atomic E-state index is 11.6. The highest BCUT2D eigenvalue weighted by Gasteiger charge is 2.26. The van der Waals surface area contributed by atoms with E-state index in [9.17, 15) is 8.42 Å². The molecule has 0 aromatic carbocycles. The molecule has 0 N–H and O–H groups in total. The van der Waals surface area contributed by atoms with Crippen molar-refractivity contribution in [1.29, 1.82) is 0 Å². The van der Waals surface area contributed by atoms with Gasteiger partial charge >= 0.3 is 0 Å². The number of hydrogen-bond acceptors (Lipinski definition) is 4. The van der Waals surface area contributed by atoms with Crippen LogP contribution in [0, 0.1) is 6.92 Å². The molecule has 0 aliphatic carbocycles. The van der Waals surface area contributed by atoms with Gasteiger partial charge in [-0.15, -0.1) is 0 Å². The third-order valence-electron chi connectivity index (χ3n) is 2.74. The van der Waals surface area contributed by atoms with E-state index in [1.54, 1.807) is 0 Å². The van der Waals surface area contributed by atoms with E-state index in [4.69, 9.17) is 0 Å². The van der Waals surface area contributed by atoms with Crippen molar-refractivity contribution >= 4 is 9.84 Å². The molecular formula is C13H22N2O2S. The van der Waals surface area contributed by atoms with Crippen LogP contribution in [-0.2, 0) is 15.3 Å². The zero-order valence-electron chi connectivity index (χ0n) is 12.2. The molecule has 0 bridgehead atoms. The topological polar surface area (TPSA) is 59.9 Å². The number of hydrogen-bond donors (Lipinski definition) is 0. The van der Waals surface area contributed by atoms with Gasteiger partial charge in [0.15, 0.2) is 0 Å². The molecule has 5 heteroatoms. The minimum atomic E-state index is -3.37. The second kappa shape index (κ2) is 4.61. The van der Waals surface area contributed by atoms with E-state index >= 15 is 0 Å². The molecule has 0 aliphatic heterocycles. The van der Waals surface area contributed by atoms with E-state index < -0.39 is 9.84 Å². The van der Waals surface area contributed by atoms with Crippen LogP contribution in [0.3, 0.4) is 0 Å². The molecule has 0 amide bonds. The van der Waals surface area contributed by atoms with Crippen LogP contribution in [0.5, 0.6) is 0 Å². The number of nitrogens with zero attached hydrogens (tertiary/aromatic N) is 2. The number of sulfone groups is 1. The number of rotatable bonds is 2. The summed E-state index contributed by atoms with van der Waals surface area (Å²) >= 11 is 0. The average molecular weight is 270 g/mol. The molecule has 1 aromatic heterocycles. The summed E-state index contributed by atoms with van der Waals surface area (Å²) < 4.78 is 23.2. The minimum Gasteiger partial charge on any atom is -0.223 e. The lowest BCUT2D eigenvalue weighted by atomic mass is 9.84. The van der Waals surface area contributed by atoms with Crippen molar-refractivity contribution in [1.82, 2.24) is 9.97 Å². The SMILES string of the molecule is Cc1nc(S(C)(=O)=O)nc(C(C)(C)C)c1C(C)C. The molecule has 1 heterocycles. The summed E-state index contributed by atoms with van der Waals surface area (Å²) in [6.45, 7) is 12.1. The highest BCUT2D eigenvalue weighted by atomic mass is 32.2. The van der Waals surface area contributed by atoms with Gasteiger partial charge in [-0.3, -0.25) is 0 Å². The lowest BCUT2D eigenvalue weighted by Crippen LogP contribution is -2.22. The number of aryl methyl sites for hydroxylation is 1. The van der Waals surface area contributed by atoms with Crippen LogP contribution in [0.15, 0.2) is 5.16 Å². The maximum Gasteiger partial charge on any atom is 0.247 e. The summed E-state index contributed by atoms with van der Waals surface area (Å²) in [5.74, 6) is 0.271. The largest absolute Gasteiger partial charge is 0.247 e. The Bertz CT molecular complexity index is 555. The first-order valence-electron chi connectivity index (χ1n) is 6.03. The van der Waals surface area contributed by atoms with Gasteiger partial charge in [-0.2, -0.15) is 0 Å². The van der Waals surface area contributed by atoms with E-state index in [1.807, 2.05) is 27.7 Å². The average Bonchev–Trinajstić information content (AvgIpc) is 2.12. The Morgan fingerprint density at radius 1 is 1.11 bits per heavy atom. The van der Waals surface area contributed by atoms with E-state index in [1.165, 1.54) is 0 Å². The van der Waals surface area contributed by atoms with Gasteiger partial charge in [-0.1, -0.05) is 34.6 Å². The summed E-state index contributed by atoms with van der Waals surface area (Å²) in [4.78, 5) is 8.44. The third-order valence-corrected chi connectivity index (χ3v) is 3.58. The van der Waals surface area contributed by atoms with Crippen molar-refractivity contribution < 1.29 is 8.42 Å². The quantitative estimate of drug-likeness (QED) is 0.775. The molecule has 0 spiro atoms. The fraction of sp³-hybridized carbons (Fsp3) is 0.692. The van der Waals surface area contributed by atoms with Crippen LogP contribution in [0.4, 0.5) is 0 Å². The van der Waals surface area contributed by atoms with Crippen molar-refractivity contribution in [2.24, 2.45) is 0 Å². The first-order valence-corrected chi connectivity index (χ1v) is 7.92. The normalized spacial score (nSPS) is 13.1. The predicted molar refractivity (Wildman–Crippen MR) is 72.7 cm³/mol. The lowest BCUT2D eigenvalue weighted by molar-refractivity contribution is 0.533. The molecule has 0 saturated heterocycles. The van der Waals surface area contributed by atoms with Crippen LogP contribution >= 0.6 is 0 Å². The minimum absolute atomic E-state index is 0.0747. The molecule has 0 radical (unpaired) electrons. The second-order valence-corrected chi connectivity index (χ2v) is 7.94. The van der Waals surface area contributed by atoms with Gasteiger partial charge in [0.25, 0.3) is 0 Å². The van der Waals surface area contributed by atoms with Crippen LogP contribution in [0.25, 0.3) is 0 Å². The Kier molecular flexibility index (Phi) is 3.86. The Morgan fingerprint density at radius 2 is 1.61 bits per heavy atom. The first-order chi connectivity index (χ1) is 7.94. The lowest BCUT2D eigenvalue weighted by Gasteiger charge is -2.25. The van der Waals surface area contributed by atoms with E-state index in [2.05, 4.69) is 23.8 Å². The Hall–Kier alpha value is -0.970. The molecule has 18 heavy (non-hydrogen) atoms. The second-order valence-electron chi connectivity index (χ2n) is 6.03. The van der Waals surface area contributed by atoms with Gasteiger partial charge in [0.1, 0.15) is 0 Å². The molecule has 1 aromatic rings. The monoisotopic (exact) mass is 270 g/mol. The Morgan fingerprint density at radius 3 is 1.94 bits per heavy atom. The standard InChI is InChI=1S/C13H22N2O2S/c1-8(2)10-9(3)14-12(18(7,16)17)15-11(10)13(4,5)6/h8H,1-7H3. The van der Waals surface area contributed by atoms with E-state index in [0.717, 1.165) is 23.2 Å². The van der Waals surface area contributed by atoms with Crippen molar-refractivity contribution in [2.45, 2.75) is 58.0 Å². The summed E-state index contributed by atoms with van der Waals surface area (Å²) in [5.41, 5.74) is 2.43. The van der Waals surface area contributed by atoms with Crippen molar-refractivity contribution in [3.63, 3.8) is 0 Å². The van der Waals surface area contributed by atoms with Crippen LogP contribution in [0.1, 0.15) is 57.5 Å². The predicted octanol–water partition coefficient (Wildman–Crippen LogP) is 2.61. The van der Waals surface area contributed by atoms with Gasteiger partial charge < -0.3 is 0 Å². The fourth-order valence-electron chi connectivity index (χ4n) is 1.98. The maximum absolute atomic E-state index is 11.6. The van der Waals surface area contributed by atoms with Crippen molar-refractivity contribution in [3.05, 3.63) is 17.0 Å². The summed E-state index contributed by atoms with van der Waals surface area (Å²) in [7, 11) is -3.37. The Labute approximate surface area is 110 Å². The molecule has 4 nitrogen and oxygen atoms in total. The summed E-state index contributed by atoms with van der Waals surface area (Å²) in [5, 5.41) is -0.0747. The molecule has 0 atom stereocenters. The van der Waals surface area contributed by atoms with Crippen LogP contribution in [-0.4, -0.2) is 24.6 Å². The van der Waals surface area contributed by atoms with Gasteiger partial charge in [0.2, 0.25) is 15.0 Å². The van der Waals surface area contributed by atoms with Crippen molar-refractivity contribution in [2.75, 3.05) is 6.26 Å². The van der Waals surface area contributed by atoms with Crippen LogP contribution < -0.4 is 0 Å². The molecule has 1 rings (SSSR count). The molecule has 0 unspecified atom stereocenters. The van der Waals surface area contributed by atoms with Gasteiger partial charge in [-0.05, 0) is 18.4 Å². The molecule has 0 aliphatic rings. The van der Waals surface area contributed by atoms with Gasteiger partial charge in [-0.25, -0.2) is 18.4 Å². The molecule has 102 valence electrons. The zero-order chi connectivity index (χ0) is 14.3. The summed E-state index contributed by atoms with van der Waals surface area (Å²) in [6, 6.07) is 0. The van der Waals surface area contributed by atoms with E-state index in [-0.39, 0.29) is 16.5 Å². The highest BCUT2D eigenvalue weighted by molar-refractivity contribution is 7.90. The third kappa shape index (κ3) is 3.07. The van der Waals surface area contributed by atoms with Crippen molar-refractivity contribution in [3.8, 4) is 0 Å². The highest BCUT2D eigenvalue weighted by Crippen LogP contribution is 2.31. The fourth-order valence-corrected chi connectivity index (χ4v) is 2.54. The number of aromatic nitrogens is 2.